The first-order valence-electron chi connectivity index (χ1n) is 9.33. The third-order valence-electron chi connectivity index (χ3n) is 5.23. The minimum atomic E-state index is -4.76. The van der Waals surface area contributed by atoms with Crippen molar-refractivity contribution in [1.82, 2.24) is 10.6 Å². The summed E-state index contributed by atoms with van der Waals surface area (Å²) < 4.78 is 52.5. The molecular formula is C22H18F4N2O2. The van der Waals surface area contributed by atoms with E-state index in [4.69, 9.17) is 0 Å². The van der Waals surface area contributed by atoms with Crippen molar-refractivity contribution < 1.29 is 27.5 Å². The minimum Gasteiger partial charge on any atom is -0.390 e. The lowest BCUT2D eigenvalue weighted by Crippen LogP contribution is -2.42. The van der Waals surface area contributed by atoms with Crippen molar-refractivity contribution in [1.29, 1.82) is 0 Å². The van der Waals surface area contributed by atoms with Crippen LogP contribution >= 0.6 is 0 Å². The first kappa shape index (κ1) is 20.3. The van der Waals surface area contributed by atoms with Crippen molar-refractivity contribution in [3.63, 3.8) is 0 Å². The van der Waals surface area contributed by atoms with Crippen LogP contribution in [0.4, 0.5) is 17.6 Å². The minimum absolute atomic E-state index is 0.309. The summed E-state index contributed by atoms with van der Waals surface area (Å²) in [6, 6.07) is 12.5. The summed E-state index contributed by atoms with van der Waals surface area (Å²) in [5, 5.41) is 17.0. The number of alkyl halides is 3. The van der Waals surface area contributed by atoms with E-state index in [2.05, 4.69) is 10.6 Å². The maximum Gasteiger partial charge on any atom is 0.419 e. The second-order valence-electron chi connectivity index (χ2n) is 7.24. The molecule has 0 bridgehead atoms. The van der Waals surface area contributed by atoms with Crippen molar-refractivity contribution in [3.05, 3.63) is 71.5 Å². The maximum atomic E-state index is 14.0. The summed E-state index contributed by atoms with van der Waals surface area (Å²) in [5.74, 6) is -1.67. The van der Waals surface area contributed by atoms with Crippen molar-refractivity contribution in [2.24, 2.45) is 0 Å². The average Bonchev–Trinajstić information content (AvgIpc) is 3.10. The molecule has 3 aromatic rings. The highest BCUT2D eigenvalue weighted by Gasteiger charge is 2.34. The van der Waals surface area contributed by atoms with Gasteiger partial charge in [0.05, 0.1) is 17.7 Å². The molecule has 2 atom stereocenters. The molecule has 30 heavy (non-hydrogen) atoms. The van der Waals surface area contributed by atoms with E-state index in [-0.39, 0.29) is 11.9 Å². The van der Waals surface area contributed by atoms with Gasteiger partial charge in [0.25, 0.3) is 5.91 Å². The van der Waals surface area contributed by atoms with E-state index in [1.807, 2.05) is 0 Å². The molecule has 0 spiro atoms. The molecule has 1 aliphatic heterocycles. The van der Waals surface area contributed by atoms with Crippen LogP contribution in [-0.4, -0.2) is 36.2 Å². The normalized spacial score (nSPS) is 19.2. The summed E-state index contributed by atoms with van der Waals surface area (Å²) in [6.45, 7) is 0.889. The van der Waals surface area contributed by atoms with Gasteiger partial charge in [0.15, 0.2) is 0 Å². The fourth-order valence-electron chi connectivity index (χ4n) is 3.65. The fraction of sp³-hybridized carbons (Fsp3) is 0.227. The Morgan fingerprint density at radius 2 is 1.87 bits per heavy atom. The first-order chi connectivity index (χ1) is 14.2. The molecular weight excluding hydrogens is 400 g/mol. The van der Waals surface area contributed by atoms with Gasteiger partial charge >= 0.3 is 6.18 Å². The molecule has 0 radical (unpaired) electrons. The van der Waals surface area contributed by atoms with Crippen LogP contribution in [0.15, 0.2) is 54.6 Å². The zero-order valence-electron chi connectivity index (χ0n) is 15.6. The molecule has 1 saturated heterocycles. The highest BCUT2D eigenvalue weighted by atomic mass is 19.4. The molecule has 3 N–H and O–H groups in total. The van der Waals surface area contributed by atoms with Gasteiger partial charge < -0.3 is 15.7 Å². The van der Waals surface area contributed by atoms with E-state index in [1.165, 1.54) is 6.07 Å². The second kappa shape index (κ2) is 7.70. The third kappa shape index (κ3) is 3.88. The number of hydrogen-bond acceptors (Lipinski definition) is 3. The highest BCUT2D eigenvalue weighted by Crippen LogP contribution is 2.35. The molecule has 156 valence electrons. The number of carbonyl (C=O) groups excluding carboxylic acids is 1. The summed E-state index contributed by atoms with van der Waals surface area (Å²) >= 11 is 0. The van der Waals surface area contributed by atoms with Gasteiger partial charge in [-0.1, -0.05) is 30.3 Å². The monoisotopic (exact) mass is 418 g/mol. The molecule has 1 fully saturated rings. The molecule has 0 saturated carbocycles. The van der Waals surface area contributed by atoms with E-state index in [9.17, 15) is 27.5 Å². The van der Waals surface area contributed by atoms with Gasteiger partial charge in [0, 0.05) is 18.7 Å². The van der Waals surface area contributed by atoms with Crippen LogP contribution in [0.5, 0.6) is 0 Å². The number of halogens is 4. The number of nitrogens with one attached hydrogen (secondary N) is 2. The topological polar surface area (TPSA) is 61.4 Å². The summed E-state index contributed by atoms with van der Waals surface area (Å²) in [6.07, 6.45) is -5.41. The van der Waals surface area contributed by atoms with E-state index >= 15 is 0 Å². The Morgan fingerprint density at radius 3 is 2.53 bits per heavy atom. The van der Waals surface area contributed by atoms with Crippen molar-refractivity contribution in [2.45, 2.75) is 18.3 Å². The molecule has 1 amide bonds. The molecule has 3 aromatic carbocycles. The van der Waals surface area contributed by atoms with Gasteiger partial charge in [-0.15, -0.1) is 0 Å². The molecule has 1 heterocycles. The number of aliphatic hydroxyl groups excluding tert-OH is 1. The molecule has 1 aliphatic rings. The lowest BCUT2D eigenvalue weighted by atomic mass is 9.96. The summed E-state index contributed by atoms with van der Waals surface area (Å²) in [7, 11) is 0. The number of carbonyl (C=O) groups is 1. The van der Waals surface area contributed by atoms with Gasteiger partial charge in [-0.05, 0) is 46.2 Å². The van der Waals surface area contributed by atoms with Crippen LogP contribution in [0.25, 0.3) is 21.9 Å². The van der Waals surface area contributed by atoms with Crippen LogP contribution in [0.3, 0.4) is 0 Å². The number of aliphatic hydroxyl groups is 1. The fourth-order valence-corrected chi connectivity index (χ4v) is 3.65. The van der Waals surface area contributed by atoms with Gasteiger partial charge in [0.1, 0.15) is 5.82 Å². The zero-order valence-corrected chi connectivity index (χ0v) is 15.6. The predicted molar refractivity (Wildman–Crippen MR) is 104 cm³/mol. The smallest absolute Gasteiger partial charge is 0.390 e. The number of rotatable bonds is 3. The third-order valence-corrected chi connectivity index (χ3v) is 5.23. The first-order valence-corrected chi connectivity index (χ1v) is 9.33. The van der Waals surface area contributed by atoms with Gasteiger partial charge in [-0.2, -0.15) is 13.2 Å². The quantitative estimate of drug-likeness (QED) is 0.568. The summed E-state index contributed by atoms with van der Waals surface area (Å²) in [4.78, 5) is 12.5. The molecule has 4 rings (SSSR count). The van der Waals surface area contributed by atoms with E-state index < -0.39 is 23.7 Å². The zero-order chi connectivity index (χ0) is 21.5. The molecule has 4 nitrogen and oxygen atoms in total. The van der Waals surface area contributed by atoms with Crippen molar-refractivity contribution in [3.8, 4) is 11.1 Å². The van der Waals surface area contributed by atoms with Crippen LogP contribution in [-0.2, 0) is 6.18 Å². The SMILES string of the molecule is O=C(N[C@@H]1CNC[C@H]1O)c1ccc2c(-c3ccc(C(F)(F)F)c(F)c3)cccc2c1. The molecule has 0 aromatic heterocycles. The van der Waals surface area contributed by atoms with Crippen molar-refractivity contribution >= 4 is 16.7 Å². The average molecular weight is 418 g/mol. The van der Waals surface area contributed by atoms with Gasteiger partial charge in [0.2, 0.25) is 0 Å². The van der Waals surface area contributed by atoms with Gasteiger partial charge in [-0.25, -0.2) is 4.39 Å². The molecule has 8 heteroatoms. The Balaban J connectivity index is 1.67. The Hall–Kier alpha value is -2.97. The number of amides is 1. The Bertz CT molecular complexity index is 1110. The maximum absolute atomic E-state index is 14.0. The van der Waals surface area contributed by atoms with Crippen LogP contribution in [0, 0.1) is 5.82 Å². The van der Waals surface area contributed by atoms with Crippen LogP contribution in [0.1, 0.15) is 15.9 Å². The Kier molecular flexibility index (Phi) is 5.21. The highest BCUT2D eigenvalue weighted by molar-refractivity contribution is 6.02. The number of β-amino-alcohol motifs (C(OH)–C–C–N with tert-alkyl or cyclic N) is 1. The largest absolute Gasteiger partial charge is 0.419 e. The van der Waals surface area contributed by atoms with E-state index in [0.717, 1.165) is 12.1 Å². The summed E-state index contributed by atoms with van der Waals surface area (Å²) in [5.41, 5.74) is -0.0580. The number of benzene rings is 3. The Morgan fingerprint density at radius 1 is 1.07 bits per heavy atom. The molecule has 0 aliphatic carbocycles. The Labute approximate surface area is 169 Å². The van der Waals surface area contributed by atoms with Gasteiger partial charge in [-0.3, -0.25) is 4.79 Å². The number of fused-ring (bicyclic) bond motifs is 1. The van der Waals surface area contributed by atoms with Crippen LogP contribution in [0.2, 0.25) is 0 Å². The van der Waals surface area contributed by atoms with Crippen LogP contribution < -0.4 is 10.6 Å². The second-order valence-corrected chi connectivity index (χ2v) is 7.24. The van der Waals surface area contributed by atoms with Crippen molar-refractivity contribution in [2.75, 3.05) is 13.1 Å². The number of hydrogen-bond donors (Lipinski definition) is 3. The lowest BCUT2D eigenvalue weighted by Gasteiger charge is -2.16. The van der Waals surface area contributed by atoms with E-state index in [1.54, 1.807) is 36.4 Å². The lowest BCUT2D eigenvalue weighted by molar-refractivity contribution is -0.139. The van der Waals surface area contributed by atoms with E-state index in [0.29, 0.717) is 40.6 Å². The standard InChI is InChI=1S/C22H18F4N2O2/c23-18-9-13(5-7-17(18)22(24,25)26)15-3-1-2-12-8-14(4-6-16(12)15)21(30)28-19-10-27-11-20(19)29/h1-9,19-20,27,29H,10-11H2,(H,28,30)/t19-,20-/m1/s1. The predicted octanol–water partition coefficient (Wildman–Crippen LogP) is 3.73. The molecule has 0 unspecified atom stereocenters.